The highest BCUT2D eigenvalue weighted by Gasteiger charge is 2.48. The van der Waals surface area contributed by atoms with Crippen LogP contribution in [0.1, 0.15) is 32.4 Å². The summed E-state index contributed by atoms with van der Waals surface area (Å²) in [6, 6.07) is 22.4. The van der Waals surface area contributed by atoms with Crippen molar-refractivity contribution in [3.63, 3.8) is 0 Å². The highest BCUT2D eigenvalue weighted by Crippen LogP contribution is 2.46. The highest BCUT2D eigenvalue weighted by molar-refractivity contribution is 9.10. The first-order valence-electron chi connectivity index (χ1n) is 8.27. The number of nitrogens with zero attached hydrogens (tertiary/aromatic N) is 2. The van der Waals surface area contributed by atoms with Crippen molar-refractivity contribution in [1.29, 1.82) is 0 Å². The van der Waals surface area contributed by atoms with Crippen molar-refractivity contribution >= 4 is 39.1 Å². The lowest BCUT2D eigenvalue weighted by Gasteiger charge is -2.40. The summed E-state index contributed by atoms with van der Waals surface area (Å²) in [7, 11) is 0. The van der Waals surface area contributed by atoms with Gasteiger partial charge in [0.1, 0.15) is 6.17 Å². The first kappa shape index (κ1) is 15.3. The van der Waals surface area contributed by atoms with Crippen LogP contribution in [0.15, 0.2) is 77.3 Å². The van der Waals surface area contributed by atoms with E-state index in [0.29, 0.717) is 16.8 Å². The van der Waals surface area contributed by atoms with Crippen LogP contribution in [-0.2, 0) is 0 Å². The van der Waals surface area contributed by atoms with E-state index in [4.69, 9.17) is 0 Å². The molecule has 3 aromatic rings. The van der Waals surface area contributed by atoms with Crippen LogP contribution in [0, 0.1) is 0 Å². The molecule has 0 aliphatic carbocycles. The standard InChI is InChI=1S/C21H13BrN2O2/c22-13-9-11-14(12-10-13)23-19-15-5-1-2-6-16(15)20(25)24(19)18-8-4-3-7-17(18)21(23)26/h1-12,19H. The summed E-state index contributed by atoms with van der Waals surface area (Å²) in [6.07, 6.45) is -0.470. The molecule has 126 valence electrons. The van der Waals surface area contributed by atoms with Gasteiger partial charge in [-0.05, 0) is 42.5 Å². The largest absolute Gasteiger partial charge is 0.283 e. The van der Waals surface area contributed by atoms with E-state index in [1.165, 1.54) is 0 Å². The van der Waals surface area contributed by atoms with E-state index in [1.54, 1.807) is 15.9 Å². The van der Waals surface area contributed by atoms with Gasteiger partial charge in [0.15, 0.2) is 0 Å². The summed E-state index contributed by atoms with van der Waals surface area (Å²) in [5, 5.41) is 0. The van der Waals surface area contributed by atoms with Crippen LogP contribution >= 0.6 is 15.9 Å². The molecule has 2 aliphatic heterocycles. The maximum Gasteiger partial charge on any atom is 0.262 e. The molecule has 1 atom stereocenters. The van der Waals surface area contributed by atoms with Gasteiger partial charge in [0, 0.05) is 21.3 Å². The summed E-state index contributed by atoms with van der Waals surface area (Å²) in [6.45, 7) is 0. The number of carbonyl (C=O) groups excluding carboxylic acids is 2. The van der Waals surface area contributed by atoms with Crippen molar-refractivity contribution in [2.45, 2.75) is 6.17 Å². The van der Waals surface area contributed by atoms with E-state index in [0.717, 1.165) is 15.7 Å². The minimum Gasteiger partial charge on any atom is -0.283 e. The Morgan fingerprint density at radius 2 is 1.31 bits per heavy atom. The number of benzene rings is 3. The van der Waals surface area contributed by atoms with Gasteiger partial charge in [-0.25, -0.2) is 0 Å². The maximum atomic E-state index is 13.3. The second-order valence-electron chi connectivity index (χ2n) is 6.30. The fourth-order valence-corrected chi connectivity index (χ4v) is 4.02. The molecule has 0 bridgehead atoms. The Bertz CT molecular complexity index is 1060. The summed E-state index contributed by atoms with van der Waals surface area (Å²) < 4.78 is 0.936. The third-order valence-electron chi connectivity index (χ3n) is 4.89. The molecule has 3 aromatic carbocycles. The van der Waals surface area contributed by atoms with Gasteiger partial charge in [0.05, 0.1) is 11.3 Å². The molecule has 2 amide bonds. The quantitative estimate of drug-likeness (QED) is 0.585. The molecule has 0 fully saturated rings. The van der Waals surface area contributed by atoms with Crippen molar-refractivity contribution < 1.29 is 9.59 Å². The number of rotatable bonds is 1. The normalized spacial score (nSPS) is 17.8. The lowest BCUT2D eigenvalue weighted by atomic mass is 10.0. The lowest BCUT2D eigenvalue weighted by Crippen LogP contribution is -2.48. The lowest BCUT2D eigenvalue weighted by molar-refractivity contribution is 0.0949. The summed E-state index contributed by atoms with van der Waals surface area (Å²) >= 11 is 3.43. The van der Waals surface area contributed by atoms with Crippen LogP contribution < -0.4 is 9.80 Å². The number of hydrogen-bond acceptors (Lipinski definition) is 2. The molecule has 26 heavy (non-hydrogen) atoms. The van der Waals surface area contributed by atoms with Crippen LogP contribution in [0.2, 0.25) is 0 Å². The van der Waals surface area contributed by atoms with Crippen LogP contribution in [0.5, 0.6) is 0 Å². The van der Waals surface area contributed by atoms with Crippen molar-refractivity contribution in [1.82, 2.24) is 0 Å². The van der Waals surface area contributed by atoms with Gasteiger partial charge in [0.25, 0.3) is 11.8 Å². The number of fused-ring (bicyclic) bond motifs is 5. The summed E-state index contributed by atoms with van der Waals surface area (Å²) in [5.74, 6) is -0.179. The zero-order chi connectivity index (χ0) is 17.8. The second kappa shape index (κ2) is 5.54. The molecule has 0 radical (unpaired) electrons. The Morgan fingerprint density at radius 1 is 0.692 bits per heavy atom. The number of para-hydroxylation sites is 1. The average molecular weight is 405 g/mol. The van der Waals surface area contributed by atoms with E-state index >= 15 is 0 Å². The van der Waals surface area contributed by atoms with Gasteiger partial charge in [-0.2, -0.15) is 0 Å². The van der Waals surface area contributed by atoms with Gasteiger partial charge in [-0.1, -0.05) is 46.3 Å². The molecule has 2 heterocycles. The molecule has 0 saturated heterocycles. The van der Waals surface area contributed by atoms with E-state index in [1.807, 2.05) is 66.7 Å². The zero-order valence-electron chi connectivity index (χ0n) is 13.6. The predicted molar refractivity (Wildman–Crippen MR) is 103 cm³/mol. The molecule has 4 nitrogen and oxygen atoms in total. The van der Waals surface area contributed by atoms with Crippen LogP contribution in [-0.4, -0.2) is 11.8 Å². The molecule has 5 heteroatoms. The van der Waals surface area contributed by atoms with Crippen molar-refractivity contribution in [3.8, 4) is 0 Å². The molecular formula is C21H13BrN2O2. The van der Waals surface area contributed by atoms with Gasteiger partial charge in [-0.3, -0.25) is 19.4 Å². The Balaban J connectivity index is 1.79. The minimum absolute atomic E-state index is 0.0762. The SMILES string of the molecule is O=C1c2ccccc2N2C(=O)c3ccccc3C2N1c1ccc(Br)cc1. The topological polar surface area (TPSA) is 40.6 Å². The van der Waals surface area contributed by atoms with E-state index in [-0.39, 0.29) is 11.8 Å². The summed E-state index contributed by atoms with van der Waals surface area (Å²) in [5.41, 5.74) is 3.45. The Morgan fingerprint density at radius 3 is 2.08 bits per heavy atom. The van der Waals surface area contributed by atoms with Crippen LogP contribution in [0.3, 0.4) is 0 Å². The molecule has 2 aliphatic rings. The van der Waals surface area contributed by atoms with Gasteiger partial charge in [-0.15, -0.1) is 0 Å². The summed E-state index contributed by atoms with van der Waals surface area (Å²) in [4.78, 5) is 29.9. The van der Waals surface area contributed by atoms with Crippen molar-refractivity contribution in [2.75, 3.05) is 9.80 Å². The van der Waals surface area contributed by atoms with Crippen molar-refractivity contribution in [3.05, 3.63) is 94.0 Å². The molecule has 1 unspecified atom stereocenters. The fraction of sp³-hybridized carbons (Fsp3) is 0.0476. The predicted octanol–water partition coefficient (Wildman–Crippen LogP) is 4.77. The average Bonchev–Trinajstić information content (AvgIpc) is 2.97. The third-order valence-corrected chi connectivity index (χ3v) is 5.42. The molecule has 0 aromatic heterocycles. The van der Waals surface area contributed by atoms with Crippen LogP contribution in [0.4, 0.5) is 11.4 Å². The second-order valence-corrected chi connectivity index (χ2v) is 7.22. The fourth-order valence-electron chi connectivity index (χ4n) is 3.76. The number of amides is 2. The maximum absolute atomic E-state index is 13.3. The number of hydrogen-bond donors (Lipinski definition) is 0. The molecule has 0 saturated carbocycles. The van der Waals surface area contributed by atoms with Gasteiger partial charge >= 0.3 is 0 Å². The number of anilines is 2. The van der Waals surface area contributed by atoms with Crippen molar-refractivity contribution in [2.24, 2.45) is 0 Å². The van der Waals surface area contributed by atoms with E-state index in [2.05, 4.69) is 15.9 Å². The van der Waals surface area contributed by atoms with E-state index < -0.39 is 6.17 Å². The Labute approximate surface area is 158 Å². The molecular weight excluding hydrogens is 392 g/mol. The first-order chi connectivity index (χ1) is 12.7. The molecule has 0 N–H and O–H groups in total. The molecule has 5 rings (SSSR count). The minimum atomic E-state index is -0.470. The smallest absolute Gasteiger partial charge is 0.262 e. The van der Waals surface area contributed by atoms with Gasteiger partial charge < -0.3 is 0 Å². The highest BCUT2D eigenvalue weighted by atomic mass is 79.9. The number of carbonyl (C=O) groups is 2. The first-order valence-corrected chi connectivity index (χ1v) is 9.07. The van der Waals surface area contributed by atoms with Gasteiger partial charge in [0.2, 0.25) is 0 Å². The number of halogens is 1. The third kappa shape index (κ3) is 2.01. The Kier molecular flexibility index (Phi) is 3.27. The zero-order valence-corrected chi connectivity index (χ0v) is 15.2. The molecule has 0 spiro atoms. The Hall–Kier alpha value is -2.92. The van der Waals surface area contributed by atoms with Crippen LogP contribution in [0.25, 0.3) is 0 Å². The monoisotopic (exact) mass is 404 g/mol. The van der Waals surface area contributed by atoms with E-state index in [9.17, 15) is 9.59 Å².